The van der Waals surface area contributed by atoms with E-state index < -0.39 is 25.6 Å². The van der Waals surface area contributed by atoms with E-state index in [1.54, 1.807) is 24.0 Å². The van der Waals surface area contributed by atoms with E-state index in [4.69, 9.17) is 4.18 Å². The zero-order valence-corrected chi connectivity index (χ0v) is 12.7. The lowest BCUT2D eigenvalue weighted by atomic mass is 10.3. The van der Waals surface area contributed by atoms with E-state index in [0.717, 1.165) is 17.6 Å². The van der Waals surface area contributed by atoms with Crippen LogP contribution in [0, 0.1) is 10.1 Å². The predicted molar refractivity (Wildman–Crippen MR) is 81.6 cm³/mol. The van der Waals surface area contributed by atoms with Crippen LogP contribution < -0.4 is 4.18 Å². The van der Waals surface area contributed by atoms with E-state index in [1.807, 2.05) is 0 Å². The van der Waals surface area contributed by atoms with Crippen LogP contribution in [-0.2, 0) is 17.2 Å². The van der Waals surface area contributed by atoms with Gasteiger partial charge in [-0.1, -0.05) is 12.1 Å². The summed E-state index contributed by atoms with van der Waals surface area (Å²) in [4.78, 5) is 13.8. The summed E-state index contributed by atoms with van der Waals surface area (Å²) < 4.78 is 31.4. The second-order valence-electron chi connectivity index (χ2n) is 4.77. The van der Waals surface area contributed by atoms with Gasteiger partial charge in [-0.25, -0.2) is 4.98 Å². The molecule has 0 aliphatic rings. The first-order chi connectivity index (χ1) is 10.9. The van der Waals surface area contributed by atoms with Crippen LogP contribution in [0.3, 0.4) is 0 Å². The van der Waals surface area contributed by atoms with Gasteiger partial charge in [0.2, 0.25) is 0 Å². The van der Waals surface area contributed by atoms with Crippen LogP contribution >= 0.6 is 0 Å². The number of benzene rings is 2. The van der Waals surface area contributed by atoms with Gasteiger partial charge in [-0.2, -0.15) is 8.42 Å². The van der Waals surface area contributed by atoms with E-state index in [9.17, 15) is 18.5 Å². The Labute approximate surface area is 131 Å². The first-order valence-electron chi connectivity index (χ1n) is 6.47. The molecule has 23 heavy (non-hydrogen) atoms. The predicted octanol–water partition coefficient (Wildman–Crippen LogP) is 2.25. The molecule has 118 valence electrons. The molecule has 3 aromatic rings. The van der Waals surface area contributed by atoms with Crippen LogP contribution in [0.5, 0.6) is 5.75 Å². The molecule has 0 amide bonds. The molecule has 1 heterocycles. The van der Waals surface area contributed by atoms with E-state index in [0.29, 0.717) is 5.52 Å². The van der Waals surface area contributed by atoms with Crippen molar-refractivity contribution in [1.29, 1.82) is 0 Å². The number of hydrogen-bond donors (Lipinski definition) is 0. The summed E-state index contributed by atoms with van der Waals surface area (Å²) in [5.41, 5.74) is 0.828. The van der Waals surface area contributed by atoms with E-state index in [2.05, 4.69) is 4.98 Å². The van der Waals surface area contributed by atoms with Crippen molar-refractivity contribution in [3.63, 3.8) is 0 Å². The summed E-state index contributed by atoms with van der Waals surface area (Å²) in [6, 6.07) is 9.61. The molecule has 2 aromatic carbocycles. The third kappa shape index (κ3) is 2.73. The number of hydrogen-bond acceptors (Lipinski definition) is 6. The van der Waals surface area contributed by atoms with Crippen LogP contribution in [0.1, 0.15) is 0 Å². The molecule has 0 radical (unpaired) electrons. The lowest BCUT2D eigenvalue weighted by Gasteiger charge is -2.07. The molecule has 0 N–H and O–H groups in total. The van der Waals surface area contributed by atoms with Crippen molar-refractivity contribution in [2.45, 2.75) is 4.90 Å². The molecular formula is C14H11N3O5S. The molecule has 9 heteroatoms. The number of nitro benzene ring substituents is 1. The number of aromatic nitrogens is 2. The summed E-state index contributed by atoms with van der Waals surface area (Å²) in [6.45, 7) is 0. The lowest BCUT2D eigenvalue weighted by Crippen LogP contribution is -2.11. The summed E-state index contributed by atoms with van der Waals surface area (Å²) in [5, 5.41) is 11.0. The van der Waals surface area contributed by atoms with E-state index >= 15 is 0 Å². The Balaban J connectivity index is 2.01. The van der Waals surface area contributed by atoms with Gasteiger partial charge in [0.1, 0.15) is 5.75 Å². The molecule has 0 unspecified atom stereocenters. The van der Waals surface area contributed by atoms with E-state index in [-0.39, 0.29) is 5.75 Å². The lowest BCUT2D eigenvalue weighted by molar-refractivity contribution is -0.387. The summed E-state index contributed by atoms with van der Waals surface area (Å²) in [6.07, 6.45) is 1.59. The number of aryl methyl sites for hydroxylation is 1. The maximum absolute atomic E-state index is 12.3. The molecule has 8 nitrogen and oxygen atoms in total. The number of imidazole rings is 1. The highest BCUT2D eigenvalue weighted by molar-refractivity contribution is 7.87. The van der Waals surface area contributed by atoms with Crippen LogP contribution in [0.4, 0.5) is 5.69 Å². The minimum Gasteiger partial charge on any atom is -0.379 e. The standard InChI is InChI=1S/C14H11N3O5S/c1-16-9-15-11-8-10(6-7-12(11)16)22-23(20,21)14-5-3-2-4-13(14)17(18)19/h2-9H,1H3. The SMILES string of the molecule is Cn1cnc2cc(OS(=O)(=O)c3ccccc3[N+](=O)[O-])ccc21. The molecule has 1 aromatic heterocycles. The fraction of sp³-hybridized carbons (Fsp3) is 0.0714. The maximum Gasteiger partial charge on any atom is 0.346 e. The van der Waals surface area contributed by atoms with Crippen LogP contribution in [-0.4, -0.2) is 22.9 Å². The molecule has 3 rings (SSSR count). The van der Waals surface area contributed by atoms with Crippen LogP contribution in [0.25, 0.3) is 11.0 Å². The van der Waals surface area contributed by atoms with Crippen molar-refractivity contribution < 1.29 is 17.5 Å². The molecule has 0 aliphatic heterocycles. The number of nitrogens with zero attached hydrogens (tertiary/aromatic N) is 3. The average molecular weight is 333 g/mol. The highest BCUT2D eigenvalue weighted by Gasteiger charge is 2.27. The van der Waals surface area contributed by atoms with Crippen molar-refractivity contribution in [2.75, 3.05) is 0 Å². The van der Waals surface area contributed by atoms with Crippen LogP contribution in [0.2, 0.25) is 0 Å². The second-order valence-corrected chi connectivity index (χ2v) is 6.28. The quantitative estimate of drug-likeness (QED) is 0.412. The van der Waals surface area contributed by atoms with Gasteiger partial charge in [0.25, 0.3) is 5.69 Å². The minimum atomic E-state index is -4.33. The van der Waals surface area contributed by atoms with Crippen LogP contribution in [0.15, 0.2) is 53.7 Å². The fourth-order valence-electron chi connectivity index (χ4n) is 2.16. The monoisotopic (exact) mass is 333 g/mol. The van der Waals surface area contributed by atoms with E-state index in [1.165, 1.54) is 24.3 Å². The van der Waals surface area contributed by atoms with Gasteiger partial charge in [0, 0.05) is 19.2 Å². The zero-order chi connectivity index (χ0) is 16.6. The number of rotatable bonds is 4. The Hall–Kier alpha value is -2.94. The Morgan fingerprint density at radius 1 is 1.22 bits per heavy atom. The molecule has 0 saturated carbocycles. The molecule has 0 saturated heterocycles. The molecule has 0 spiro atoms. The topological polar surface area (TPSA) is 104 Å². The third-order valence-electron chi connectivity index (χ3n) is 3.23. The van der Waals surface area contributed by atoms with Gasteiger partial charge in [-0.15, -0.1) is 0 Å². The van der Waals surface area contributed by atoms with Gasteiger partial charge in [-0.3, -0.25) is 10.1 Å². The van der Waals surface area contributed by atoms with Crippen molar-refractivity contribution in [3.8, 4) is 5.75 Å². The number of nitro groups is 1. The Kier molecular flexibility index (Phi) is 3.49. The minimum absolute atomic E-state index is 0.0364. The fourth-order valence-corrected chi connectivity index (χ4v) is 3.25. The maximum atomic E-state index is 12.3. The van der Waals surface area contributed by atoms with Gasteiger partial charge in [0.15, 0.2) is 4.90 Å². The van der Waals surface area contributed by atoms with Crippen molar-refractivity contribution in [2.24, 2.45) is 7.05 Å². The average Bonchev–Trinajstić information content (AvgIpc) is 2.87. The summed E-state index contributed by atoms with van der Waals surface area (Å²) >= 11 is 0. The normalized spacial score (nSPS) is 11.5. The zero-order valence-electron chi connectivity index (χ0n) is 11.9. The first kappa shape index (κ1) is 15.0. The molecular weight excluding hydrogens is 322 g/mol. The Morgan fingerprint density at radius 3 is 2.70 bits per heavy atom. The molecule has 0 bridgehead atoms. The second kappa shape index (κ2) is 5.36. The summed E-state index contributed by atoms with van der Waals surface area (Å²) in [5.74, 6) is 0.0364. The Morgan fingerprint density at radius 2 is 1.96 bits per heavy atom. The molecule has 0 aliphatic carbocycles. The molecule has 0 fully saturated rings. The first-order valence-corrected chi connectivity index (χ1v) is 7.88. The number of para-hydroxylation sites is 1. The highest BCUT2D eigenvalue weighted by atomic mass is 32.2. The summed E-state index contributed by atoms with van der Waals surface area (Å²) in [7, 11) is -2.52. The van der Waals surface area contributed by atoms with Gasteiger partial charge >= 0.3 is 10.1 Å². The smallest absolute Gasteiger partial charge is 0.346 e. The van der Waals surface area contributed by atoms with Gasteiger partial charge < -0.3 is 8.75 Å². The number of fused-ring (bicyclic) bond motifs is 1. The highest BCUT2D eigenvalue weighted by Crippen LogP contribution is 2.27. The van der Waals surface area contributed by atoms with Crippen molar-refractivity contribution in [3.05, 3.63) is 58.9 Å². The van der Waals surface area contributed by atoms with Gasteiger partial charge in [0.05, 0.1) is 22.3 Å². The molecule has 0 atom stereocenters. The third-order valence-corrected chi connectivity index (χ3v) is 4.53. The Bertz CT molecular complexity index is 1010. The van der Waals surface area contributed by atoms with Crippen molar-refractivity contribution in [1.82, 2.24) is 9.55 Å². The largest absolute Gasteiger partial charge is 0.379 e. The van der Waals surface area contributed by atoms with Crippen molar-refractivity contribution >= 4 is 26.8 Å². The van der Waals surface area contributed by atoms with Gasteiger partial charge in [-0.05, 0) is 18.2 Å².